The number of sulfonamides is 1. The van der Waals surface area contributed by atoms with E-state index in [0.717, 1.165) is 36.4 Å². The predicted octanol–water partition coefficient (Wildman–Crippen LogP) is 4.52. The van der Waals surface area contributed by atoms with E-state index in [1.54, 1.807) is 36.4 Å². The number of nitrogens with one attached hydrogen (secondary N) is 1. The Morgan fingerprint density at radius 3 is 2.40 bits per heavy atom. The Bertz CT molecular complexity index is 1300. The van der Waals surface area contributed by atoms with Crippen LogP contribution in [0.3, 0.4) is 0 Å². The van der Waals surface area contributed by atoms with Crippen molar-refractivity contribution >= 4 is 39.1 Å². The smallest absolute Gasteiger partial charge is 0.244 e. The number of hydrogen-bond donors (Lipinski definition) is 1. The zero-order chi connectivity index (χ0) is 28.7. The summed E-state index contributed by atoms with van der Waals surface area (Å²) >= 11 is 6.45. The number of carbonyl (C=O) groups excluding carboxylic acids is 2. The van der Waals surface area contributed by atoms with Crippen molar-refractivity contribution in [1.29, 1.82) is 0 Å². The summed E-state index contributed by atoms with van der Waals surface area (Å²) in [6.07, 6.45) is 5.45. The molecule has 2 aromatic rings. The van der Waals surface area contributed by atoms with Gasteiger partial charge in [0.15, 0.2) is 11.5 Å². The summed E-state index contributed by atoms with van der Waals surface area (Å²) in [6.45, 7) is 3.71. The molecule has 11 heteroatoms. The summed E-state index contributed by atoms with van der Waals surface area (Å²) in [5.41, 5.74) is 0.961. The average Bonchev–Trinajstić information content (AvgIpc) is 2.96. The highest BCUT2D eigenvalue weighted by molar-refractivity contribution is 7.92. The normalized spacial score (nSPS) is 16.2. The number of amides is 2. The van der Waals surface area contributed by atoms with Crippen LogP contribution in [0.4, 0.5) is 5.69 Å². The van der Waals surface area contributed by atoms with Crippen molar-refractivity contribution in [3.63, 3.8) is 0 Å². The minimum atomic E-state index is -3.86. The van der Waals surface area contributed by atoms with Crippen molar-refractivity contribution in [2.75, 3.05) is 29.8 Å². The summed E-state index contributed by atoms with van der Waals surface area (Å²) in [5, 5.41) is 3.60. The van der Waals surface area contributed by atoms with Crippen molar-refractivity contribution in [3.05, 3.63) is 53.1 Å². The SMILES string of the molecule is CCC(C(=O)NC1CCCCC1)N(Cc1ccccc1Cl)C(=O)CN(c1ccc2c(c1)OCCO2)S(=O)(=O)CC. The lowest BCUT2D eigenvalue weighted by Crippen LogP contribution is -2.54. The minimum absolute atomic E-state index is 0.0657. The molecule has 2 aliphatic rings. The van der Waals surface area contributed by atoms with Gasteiger partial charge in [-0.1, -0.05) is 56.0 Å². The van der Waals surface area contributed by atoms with Crippen molar-refractivity contribution in [2.45, 2.75) is 71.0 Å². The molecule has 1 fully saturated rings. The molecule has 1 aliphatic carbocycles. The van der Waals surface area contributed by atoms with E-state index < -0.39 is 28.5 Å². The molecule has 40 heavy (non-hydrogen) atoms. The van der Waals surface area contributed by atoms with E-state index in [-0.39, 0.29) is 29.9 Å². The number of ether oxygens (including phenoxy) is 2. The van der Waals surface area contributed by atoms with E-state index >= 15 is 0 Å². The Balaban J connectivity index is 1.65. The van der Waals surface area contributed by atoms with Crippen LogP contribution in [-0.4, -0.2) is 62.7 Å². The van der Waals surface area contributed by atoms with Gasteiger partial charge in [0, 0.05) is 23.7 Å². The van der Waals surface area contributed by atoms with Gasteiger partial charge in [0.25, 0.3) is 0 Å². The first kappa shape index (κ1) is 30.0. The highest BCUT2D eigenvalue weighted by Gasteiger charge is 2.34. The molecule has 1 heterocycles. The standard InChI is InChI=1S/C29H38ClN3O6S/c1-3-25(29(35)31-22-11-6-5-7-12-22)32(19-21-10-8-9-13-24(21)30)28(34)20-33(40(36,37)4-2)23-14-15-26-27(18-23)39-17-16-38-26/h8-10,13-15,18,22,25H,3-7,11-12,16-17,19-20H2,1-2H3,(H,31,35). The van der Waals surface area contributed by atoms with E-state index in [2.05, 4.69) is 5.32 Å². The van der Waals surface area contributed by atoms with Gasteiger partial charge in [-0.15, -0.1) is 0 Å². The fourth-order valence-corrected chi connectivity index (χ4v) is 6.43. The van der Waals surface area contributed by atoms with Gasteiger partial charge >= 0.3 is 0 Å². The van der Waals surface area contributed by atoms with Crippen molar-refractivity contribution < 1.29 is 27.5 Å². The summed E-state index contributed by atoms with van der Waals surface area (Å²) in [4.78, 5) is 29.0. The van der Waals surface area contributed by atoms with Crippen LogP contribution in [0.2, 0.25) is 5.02 Å². The third-order valence-electron chi connectivity index (χ3n) is 7.43. The summed E-state index contributed by atoms with van der Waals surface area (Å²) < 4.78 is 38.8. The number of halogens is 1. The maximum Gasteiger partial charge on any atom is 0.244 e. The number of rotatable bonds is 11. The molecule has 2 amide bonds. The number of anilines is 1. The number of carbonyl (C=O) groups is 2. The Morgan fingerprint density at radius 2 is 1.73 bits per heavy atom. The fraction of sp³-hybridized carbons (Fsp3) is 0.517. The molecule has 9 nitrogen and oxygen atoms in total. The highest BCUT2D eigenvalue weighted by atomic mass is 35.5. The lowest BCUT2D eigenvalue weighted by Gasteiger charge is -2.34. The molecule has 0 radical (unpaired) electrons. The van der Waals surface area contributed by atoms with E-state index in [0.29, 0.717) is 41.7 Å². The van der Waals surface area contributed by atoms with E-state index in [1.165, 1.54) is 11.8 Å². The van der Waals surface area contributed by atoms with Gasteiger partial charge in [0.2, 0.25) is 21.8 Å². The molecule has 218 valence electrons. The maximum atomic E-state index is 14.0. The monoisotopic (exact) mass is 591 g/mol. The third-order valence-corrected chi connectivity index (χ3v) is 9.54. The van der Waals surface area contributed by atoms with Crippen LogP contribution in [0.5, 0.6) is 11.5 Å². The molecule has 0 saturated heterocycles. The first-order valence-corrected chi connectivity index (χ1v) is 16.0. The molecule has 1 unspecified atom stereocenters. The fourth-order valence-electron chi connectivity index (χ4n) is 5.18. The Hall–Kier alpha value is -2.98. The van der Waals surface area contributed by atoms with Crippen LogP contribution in [0.15, 0.2) is 42.5 Å². The van der Waals surface area contributed by atoms with Gasteiger partial charge < -0.3 is 19.7 Å². The van der Waals surface area contributed by atoms with Crippen molar-refractivity contribution in [3.8, 4) is 11.5 Å². The Kier molecular flexibility index (Phi) is 10.2. The van der Waals surface area contributed by atoms with Crippen LogP contribution >= 0.6 is 11.6 Å². The largest absolute Gasteiger partial charge is 0.486 e. The second kappa shape index (κ2) is 13.6. The van der Waals surface area contributed by atoms with Crippen LogP contribution in [0, 0.1) is 0 Å². The summed E-state index contributed by atoms with van der Waals surface area (Å²) in [7, 11) is -3.86. The van der Waals surface area contributed by atoms with Gasteiger partial charge in [-0.05, 0) is 49.9 Å². The lowest BCUT2D eigenvalue weighted by molar-refractivity contribution is -0.140. The van der Waals surface area contributed by atoms with E-state index in [9.17, 15) is 18.0 Å². The minimum Gasteiger partial charge on any atom is -0.486 e. The number of benzene rings is 2. The predicted molar refractivity (Wildman–Crippen MR) is 155 cm³/mol. The van der Waals surface area contributed by atoms with Gasteiger partial charge in [-0.25, -0.2) is 8.42 Å². The van der Waals surface area contributed by atoms with Gasteiger partial charge in [-0.3, -0.25) is 13.9 Å². The zero-order valence-electron chi connectivity index (χ0n) is 23.1. The molecular formula is C29H38ClN3O6S. The Labute approximate surface area is 241 Å². The summed E-state index contributed by atoms with van der Waals surface area (Å²) in [5.74, 6) is -0.0188. The molecule has 0 bridgehead atoms. The number of hydrogen-bond acceptors (Lipinski definition) is 6. The van der Waals surface area contributed by atoms with E-state index in [1.807, 2.05) is 13.0 Å². The molecule has 0 spiro atoms. The Morgan fingerprint density at radius 1 is 1.02 bits per heavy atom. The molecule has 0 aromatic heterocycles. The average molecular weight is 592 g/mol. The van der Waals surface area contributed by atoms with Crippen molar-refractivity contribution in [2.24, 2.45) is 0 Å². The van der Waals surface area contributed by atoms with Gasteiger partial charge in [0.05, 0.1) is 11.4 Å². The topological polar surface area (TPSA) is 105 Å². The van der Waals surface area contributed by atoms with Gasteiger partial charge in [0.1, 0.15) is 25.8 Å². The number of nitrogens with zero attached hydrogens (tertiary/aromatic N) is 2. The second-order valence-electron chi connectivity index (χ2n) is 10.1. The van der Waals surface area contributed by atoms with Crippen LogP contribution in [0.25, 0.3) is 0 Å². The molecule has 4 rings (SSSR count). The molecule has 1 N–H and O–H groups in total. The molecule has 1 aliphatic heterocycles. The number of fused-ring (bicyclic) bond motifs is 1. The van der Waals surface area contributed by atoms with Crippen LogP contribution in [-0.2, 0) is 26.2 Å². The molecular weight excluding hydrogens is 554 g/mol. The molecule has 1 atom stereocenters. The van der Waals surface area contributed by atoms with Gasteiger partial charge in [-0.2, -0.15) is 0 Å². The zero-order valence-corrected chi connectivity index (χ0v) is 24.7. The first-order chi connectivity index (χ1) is 19.2. The lowest BCUT2D eigenvalue weighted by atomic mass is 9.95. The first-order valence-electron chi connectivity index (χ1n) is 14.0. The highest BCUT2D eigenvalue weighted by Crippen LogP contribution is 2.35. The third kappa shape index (κ3) is 7.20. The van der Waals surface area contributed by atoms with E-state index in [4.69, 9.17) is 21.1 Å². The van der Waals surface area contributed by atoms with Crippen molar-refractivity contribution in [1.82, 2.24) is 10.2 Å². The summed E-state index contributed by atoms with van der Waals surface area (Å²) in [6, 6.07) is 11.2. The second-order valence-corrected chi connectivity index (χ2v) is 12.7. The quantitative estimate of drug-likeness (QED) is 0.412. The maximum absolute atomic E-state index is 14.0. The molecule has 2 aromatic carbocycles. The molecule has 1 saturated carbocycles. The van der Waals surface area contributed by atoms with Crippen LogP contribution in [0.1, 0.15) is 57.9 Å². The van der Waals surface area contributed by atoms with Crippen LogP contribution < -0.4 is 19.1 Å².